The van der Waals surface area contributed by atoms with Gasteiger partial charge in [-0.1, -0.05) is 6.92 Å². The molecule has 2 nitrogen and oxygen atoms in total. The second-order valence-corrected chi connectivity index (χ2v) is 6.09. The van der Waals surface area contributed by atoms with E-state index >= 15 is 0 Å². The molecule has 0 aromatic rings. The quantitative estimate of drug-likeness (QED) is 0.664. The molecule has 0 heterocycles. The lowest BCUT2D eigenvalue weighted by atomic mass is 9.87. The van der Waals surface area contributed by atoms with Crippen LogP contribution in [0.1, 0.15) is 39.0 Å². The first-order chi connectivity index (χ1) is 7.83. The Hall–Kier alpha value is 0.270. The Bertz CT molecular complexity index is 158. The molecule has 1 aliphatic carbocycles. The molecule has 0 amide bonds. The highest BCUT2D eigenvalue weighted by molar-refractivity contribution is 7.99. The highest BCUT2D eigenvalue weighted by atomic mass is 32.2. The lowest BCUT2D eigenvalue weighted by Crippen LogP contribution is -2.34. The van der Waals surface area contributed by atoms with E-state index < -0.39 is 0 Å². The summed E-state index contributed by atoms with van der Waals surface area (Å²) in [4.78, 5) is 0. The SMILES string of the molecule is COCCCSCCNC1CCC(C)CC1. The summed E-state index contributed by atoms with van der Waals surface area (Å²) < 4.78 is 5.02. The molecular formula is C13H27NOS. The van der Waals surface area contributed by atoms with E-state index in [1.54, 1.807) is 7.11 Å². The Morgan fingerprint density at radius 3 is 2.62 bits per heavy atom. The summed E-state index contributed by atoms with van der Waals surface area (Å²) in [6.07, 6.45) is 6.78. The molecule has 1 N–H and O–H groups in total. The molecule has 0 bridgehead atoms. The molecule has 0 saturated heterocycles. The summed E-state index contributed by atoms with van der Waals surface area (Å²) in [6.45, 7) is 4.46. The van der Waals surface area contributed by atoms with E-state index in [1.165, 1.54) is 50.2 Å². The molecule has 1 fully saturated rings. The fraction of sp³-hybridized carbons (Fsp3) is 1.00. The summed E-state index contributed by atoms with van der Waals surface area (Å²) in [5.41, 5.74) is 0. The van der Waals surface area contributed by atoms with Crippen LogP contribution in [0.15, 0.2) is 0 Å². The fourth-order valence-electron chi connectivity index (χ4n) is 2.21. The lowest BCUT2D eigenvalue weighted by molar-refractivity contribution is 0.200. The van der Waals surface area contributed by atoms with Crippen molar-refractivity contribution < 1.29 is 4.74 Å². The van der Waals surface area contributed by atoms with E-state index in [9.17, 15) is 0 Å². The maximum atomic E-state index is 5.02. The van der Waals surface area contributed by atoms with Gasteiger partial charge in [0.05, 0.1) is 0 Å². The number of hydrogen-bond donors (Lipinski definition) is 1. The van der Waals surface area contributed by atoms with Crippen molar-refractivity contribution in [1.82, 2.24) is 5.32 Å². The third kappa shape index (κ3) is 6.77. The molecule has 3 heteroatoms. The number of methoxy groups -OCH3 is 1. The largest absolute Gasteiger partial charge is 0.385 e. The average Bonchev–Trinajstić information content (AvgIpc) is 2.30. The van der Waals surface area contributed by atoms with Gasteiger partial charge < -0.3 is 10.1 Å². The van der Waals surface area contributed by atoms with E-state index in [2.05, 4.69) is 12.2 Å². The monoisotopic (exact) mass is 245 g/mol. The predicted octanol–water partition coefficient (Wildman–Crippen LogP) is 2.92. The maximum absolute atomic E-state index is 5.02. The van der Waals surface area contributed by atoms with E-state index in [0.717, 1.165) is 18.6 Å². The van der Waals surface area contributed by atoms with Gasteiger partial charge in [0.1, 0.15) is 0 Å². The minimum atomic E-state index is 0.802. The van der Waals surface area contributed by atoms with Gasteiger partial charge in [-0.2, -0.15) is 11.8 Å². The third-order valence-corrected chi connectivity index (χ3v) is 4.40. The molecule has 0 atom stereocenters. The van der Waals surface area contributed by atoms with Crippen LogP contribution in [0.25, 0.3) is 0 Å². The molecule has 96 valence electrons. The van der Waals surface area contributed by atoms with E-state index in [-0.39, 0.29) is 0 Å². The number of nitrogens with one attached hydrogen (secondary N) is 1. The Balaban J connectivity index is 1.84. The smallest absolute Gasteiger partial charge is 0.0470 e. The van der Waals surface area contributed by atoms with Crippen molar-refractivity contribution in [3.05, 3.63) is 0 Å². The van der Waals surface area contributed by atoms with E-state index in [4.69, 9.17) is 4.74 Å². The van der Waals surface area contributed by atoms with Crippen molar-refractivity contribution in [3.63, 3.8) is 0 Å². The normalized spacial score (nSPS) is 25.9. The van der Waals surface area contributed by atoms with Crippen molar-refractivity contribution in [1.29, 1.82) is 0 Å². The molecule has 1 aliphatic rings. The van der Waals surface area contributed by atoms with Crippen LogP contribution in [0.2, 0.25) is 0 Å². The topological polar surface area (TPSA) is 21.3 Å². The first-order valence-electron chi connectivity index (χ1n) is 6.63. The predicted molar refractivity (Wildman–Crippen MR) is 73.2 cm³/mol. The van der Waals surface area contributed by atoms with Crippen LogP contribution >= 0.6 is 11.8 Å². The van der Waals surface area contributed by atoms with Crippen molar-refractivity contribution in [2.75, 3.05) is 31.8 Å². The number of thioether (sulfide) groups is 1. The van der Waals surface area contributed by atoms with Crippen LogP contribution in [0, 0.1) is 5.92 Å². The Morgan fingerprint density at radius 2 is 1.94 bits per heavy atom. The summed E-state index contributed by atoms with van der Waals surface area (Å²) >= 11 is 2.04. The van der Waals surface area contributed by atoms with E-state index in [1.807, 2.05) is 11.8 Å². The molecular weight excluding hydrogens is 218 g/mol. The van der Waals surface area contributed by atoms with Crippen LogP contribution < -0.4 is 5.32 Å². The van der Waals surface area contributed by atoms with Gasteiger partial charge >= 0.3 is 0 Å². The molecule has 1 rings (SSSR count). The zero-order chi connectivity index (χ0) is 11.6. The minimum Gasteiger partial charge on any atom is -0.385 e. The van der Waals surface area contributed by atoms with Gasteiger partial charge in [-0.25, -0.2) is 0 Å². The first kappa shape index (κ1) is 14.3. The van der Waals surface area contributed by atoms with Crippen LogP contribution in [0.3, 0.4) is 0 Å². The number of hydrogen-bond acceptors (Lipinski definition) is 3. The summed E-state index contributed by atoms with van der Waals surface area (Å²) in [5.74, 6) is 3.44. The van der Waals surface area contributed by atoms with Crippen molar-refractivity contribution in [3.8, 4) is 0 Å². The molecule has 1 saturated carbocycles. The third-order valence-electron chi connectivity index (χ3n) is 3.33. The standard InChI is InChI=1S/C13H27NOS/c1-12-4-6-13(7-5-12)14-8-11-16-10-3-9-15-2/h12-14H,3-11H2,1-2H3. The molecule has 0 radical (unpaired) electrons. The van der Waals surface area contributed by atoms with Crippen molar-refractivity contribution in [2.24, 2.45) is 5.92 Å². The second-order valence-electron chi connectivity index (χ2n) is 4.87. The maximum Gasteiger partial charge on any atom is 0.0470 e. The Kier molecular flexibility index (Phi) is 8.34. The average molecular weight is 245 g/mol. The Labute approximate surface area is 105 Å². The van der Waals surface area contributed by atoms with Gasteiger partial charge in [0.2, 0.25) is 0 Å². The molecule has 0 aliphatic heterocycles. The molecule has 0 aromatic heterocycles. The van der Waals surface area contributed by atoms with Gasteiger partial charge in [-0.05, 0) is 43.8 Å². The Morgan fingerprint density at radius 1 is 1.19 bits per heavy atom. The van der Waals surface area contributed by atoms with Gasteiger partial charge in [-0.3, -0.25) is 0 Å². The fourth-order valence-corrected chi connectivity index (χ4v) is 3.00. The number of ether oxygens (including phenoxy) is 1. The second kappa shape index (κ2) is 9.32. The van der Waals surface area contributed by atoms with Gasteiger partial charge in [0.25, 0.3) is 0 Å². The zero-order valence-corrected chi connectivity index (χ0v) is 11.7. The van der Waals surface area contributed by atoms with Crippen LogP contribution in [0.5, 0.6) is 0 Å². The number of rotatable bonds is 8. The highest BCUT2D eigenvalue weighted by Crippen LogP contribution is 2.23. The molecule has 0 spiro atoms. The van der Waals surface area contributed by atoms with Crippen LogP contribution in [0.4, 0.5) is 0 Å². The van der Waals surface area contributed by atoms with Crippen LogP contribution in [-0.4, -0.2) is 37.8 Å². The van der Waals surface area contributed by atoms with Crippen molar-refractivity contribution in [2.45, 2.75) is 45.1 Å². The minimum absolute atomic E-state index is 0.802. The first-order valence-corrected chi connectivity index (χ1v) is 7.78. The van der Waals surface area contributed by atoms with E-state index in [0.29, 0.717) is 0 Å². The van der Waals surface area contributed by atoms with Gasteiger partial charge in [-0.15, -0.1) is 0 Å². The van der Waals surface area contributed by atoms with Gasteiger partial charge in [0.15, 0.2) is 0 Å². The molecule has 16 heavy (non-hydrogen) atoms. The summed E-state index contributed by atoms with van der Waals surface area (Å²) in [5, 5.41) is 3.68. The summed E-state index contributed by atoms with van der Waals surface area (Å²) in [6, 6.07) is 0.802. The highest BCUT2D eigenvalue weighted by Gasteiger charge is 2.16. The summed E-state index contributed by atoms with van der Waals surface area (Å²) in [7, 11) is 1.77. The van der Waals surface area contributed by atoms with Gasteiger partial charge in [0, 0.05) is 32.1 Å². The van der Waals surface area contributed by atoms with Crippen LogP contribution in [-0.2, 0) is 4.74 Å². The molecule has 0 aromatic carbocycles. The van der Waals surface area contributed by atoms with Crippen molar-refractivity contribution >= 4 is 11.8 Å². The zero-order valence-electron chi connectivity index (χ0n) is 10.8. The molecule has 0 unspecified atom stereocenters. The lowest BCUT2D eigenvalue weighted by Gasteiger charge is -2.26.